The largest absolute Gasteiger partial charge is 0.492 e. The van der Waals surface area contributed by atoms with Crippen LogP contribution in [-0.2, 0) is 6.54 Å². The van der Waals surface area contributed by atoms with Crippen molar-refractivity contribution in [2.75, 3.05) is 32.6 Å². The molecule has 0 saturated carbocycles. The van der Waals surface area contributed by atoms with Crippen molar-refractivity contribution in [1.29, 1.82) is 0 Å². The quantitative estimate of drug-likeness (QED) is 0.841. The van der Waals surface area contributed by atoms with Crippen molar-refractivity contribution in [3.63, 3.8) is 0 Å². The van der Waals surface area contributed by atoms with Crippen molar-refractivity contribution >= 4 is 5.69 Å². The molecule has 20 heavy (non-hydrogen) atoms. The Labute approximate surface area is 120 Å². The van der Waals surface area contributed by atoms with E-state index in [0.717, 1.165) is 29.5 Å². The highest BCUT2D eigenvalue weighted by Gasteiger charge is 1.99. The standard InChI is InChI=1S/C16H22N2O2/c1-13-4-7-16(20-13)12-17-14-5-8-15(9-6-14)19-11-10-18(2)3/h4-9,17H,10-12H2,1-3H3. The zero-order valence-electron chi connectivity index (χ0n) is 12.3. The van der Waals surface area contributed by atoms with E-state index in [2.05, 4.69) is 10.2 Å². The molecule has 0 aliphatic carbocycles. The van der Waals surface area contributed by atoms with Crippen LogP contribution in [0.5, 0.6) is 5.75 Å². The molecule has 1 heterocycles. The van der Waals surface area contributed by atoms with Crippen molar-refractivity contribution in [1.82, 2.24) is 4.90 Å². The summed E-state index contributed by atoms with van der Waals surface area (Å²) < 4.78 is 11.2. The predicted molar refractivity (Wildman–Crippen MR) is 81.3 cm³/mol. The number of nitrogens with one attached hydrogen (secondary N) is 1. The molecule has 0 fully saturated rings. The number of ether oxygens (including phenoxy) is 1. The summed E-state index contributed by atoms with van der Waals surface area (Å²) in [6.45, 7) is 4.25. The first-order valence-corrected chi connectivity index (χ1v) is 6.80. The molecule has 0 spiro atoms. The number of hydrogen-bond donors (Lipinski definition) is 1. The summed E-state index contributed by atoms with van der Waals surface area (Å²) in [4.78, 5) is 2.10. The van der Waals surface area contributed by atoms with Crippen LogP contribution in [0.3, 0.4) is 0 Å². The Balaban J connectivity index is 1.79. The molecule has 0 unspecified atom stereocenters. The highest BCUT2D eigenvalue weighted by Crippen LogP contribution is 2.17. The van der Waals surface area contributed by atoms with Gasteiger partial charge in [0.2, 0.25) is 0 Å². The summed E-state index contributed by atoms with van der Waals surface area (Å²) in [5.74, 6) is 2.77. The van der Waals surface area contributed by atoms with Crippen LogP contribution in [0.4, 0.5) is 5.69 Å². The van der Waals surface area contributed by atoms with E-state index in [9.17, 15) is 0 Å². The van der Waals surface area contributed by atoms with E-state index >= 15 is 0 Å². The number of likely N-dealkylation sites (N-methyl/N-ethyl adjacent to an activating group) is 1. The zero-order valence-corrected chi connectivity index (χ0v) is 12.3. The highest BCUT2D eigenvalue weighted by molar-refractivity contribution is 5.46. The van der Waals surface area contributed by atoms with Gasteiger partial charge in [-0.3, -0.25) is 0 Å². The molecule has 1 aromatic heterocycles. The topological polar surface area (TPSA) is 37.6 Å². The Morgan fingerprint density at radius 3 is 2.45 bits per heavy atom. The predicted octanol–water partition coefficient (Wildman–Crippen LogP) is 3.14. The van der Waals surface area contributed by atoms with Gasteiger partial charge in [-0.25, -0.2) is 0 Å². The number of hydrogen-bond acceptors (Lipinski definition) is 4. The molecule has 2 aromatic rings. The lowest BCUT2D eigenvalue weighted by atomic mass is 10.3. The van der Waals surface area contributed by atoms with Gasteiger partial charge in [0, 0.05) is 12.2 Å². The Morgan fingerprint density at radius 1 is 1.10 bits per heavy atom. The zero-order chi connectivity index (χ0) is 14.4. The van der Waals surface area contributed by atoms with Gasteiger partial charge in [0.05, 0.1) is 6.54 Å². The van der Waals surface area contributed by atoms with E-state index in [1.807, 2.05) is 57.4 Å². The first-order valence-electron chi connectivity index (χ1n) is 6.80. The molecule has 4 heteroatoms. The van der Waals surface area contributed by atoms with Crippen LogP contribution in [0.2, 0.25) is 0 Å². The first kappa shape index (κ1) is 14.5. The third-order valence-electron chi connectivity index (χ3n) is 2.92. The fraction of sp³-hybridized carbons (Fsp3) is 0.375. The minimum Gasteiger partial charge on any atom is -0.492 e. The molecule has 1 aromatic carbocycles. The number of anilines is 1. The van der Waals surface area contributed by atoms with Crippen LogP contribution in [0.25, 0.3) is 0 Å². The van der Waals surface area contributed by atoms with Gasteiger partial charge in [0.15, 0.2) is 0 Å². The second-order valence-electron chi connectivity index (χ2n) is 5.04. The molecule has 0 saturated heterocycles. The van der Waals surface area contributed by atoms with Gasteiger partial charge in [-0.1, -0.05) is 0 Å². The van der Waals surface area contributed by atoms with Gasteiger partial charge in [-0.2, -0.15) is 0 Å². The lowest BCUT2D eigenvalue weighted by Crippen LogP contribution is -2.19. The molecule has 0 atom stereocenters. The van der Waals surface area contributed by atoms with Crippen LogP contribution in [0.15, 0.2) is 40.8 Å². The molecule has 108 valence electrons. The molecule has 0 aliphatic rings. The molecule has 4 nitrogen and oxygen atoms in total. The molecule has 2 rings (SSSR count). The normalized spacial score (nSPS) is 10.8. The second-order valence-corrected chi connectivity index (χ2v) is 5.04. The van der Waals surface area contributed by atoms with Gasteiger partial charge >= 0.3 is 0 Å². The van der Waals surface area contributed by atoms with Crippen molar-refractivity contribution < 1.29 is 9.15 Å². The summed E-state index contributed by atoms with van der Waals surface area (Å²) in [6.07, 6.45) is 0. The molecule has 1 N–H and O–H groups in total. The van der Waals surface area contributed by atoms with E-state index < -0.39 is 0 Å². The number of rotatable bonds is 7. The van der Waals surface area contributed by atoms with E-state index in [1.165, 1.54) is 0 Å². The van der Waals surface area contributed by atoms with Gasteiger partial charge in [0.1, 0.15) is 23.9 Å². The summed E-state index contributed by atoms with van der Waals surface area (Å²) in [6, 6.07) is 11.9. The fourth-order valence-corrected chi connectivity index (χ4v) is 1.78. The fourth-order valence-electron chi connectivity index (χ4n) is 1.78. The maximum Gasteiger partial charge on any atom is 0.123 e. The molecular weight excluding hydrogens is 252 g/mol. The van der Waals surface area contributed by atoms with Gasteiger partial charge in [-0.05, 0) is 57.4 Å². The van der Waals surface area contributed by atoms with E-state index in [0.29, 0.717) is 13.2 Å². The second kappa shape index (κ2) is 7.01. The van der Waals surface area contributed by atoms with Gasteiger partial charge in [0.25, 0.3) is 0 Å². The van der Waals surface area contributed by atoms with Crippen LogP contribution < -0.4 is 10.1 Å². The van der Waals surface area contributed by atoms with Crippen LogP contribution in [0.1, 0.15) is 11.5 Å². The minimum atomic E-state index is 0.689. The van der Waals surface area contributed by atoms with Crippen LogP contribution >= 0.6 is 0 Å². The highest BCUT2D eigenvalue weighted by atomic mass is 16.5. The molecule has 0 bridgehead atoms. The molecule has 0 radical (unpaired) electrons. The van der Waals surface area contributed by atoms with Crippen molar-refractivity contribution in [2.45, 2.75) is 13.5 Å². The summed E-state index contributed by atoms with van der Waals surface area (Å²) >= 11 is 0. The Bertz CT molecular complexity index is 518. The van der Waals surface area contributed by atoms with Crippen molar-refractivity contribution in [2.24, 2.45) is 0 Å². The maximum absolute atomic E-state index is 5.65. The van der Waals surface area contributed by atoms with Gasteiger partial charge < -0.3 is 19.4 Å². The molecule has 0 aliphatic heterocycles. The number of nitrogens with zero attached hydrogens (tertiary/aromatic N) is 1. The van der Waals surface area contributed by atoms with Gasteiger partial charge in [-0.15, -0.1) is 0 Å². The number of aryl methyl sites for hydroxylation is 1. The van der Waals surface area contributed by atoms with Crippen LogP contribution in [-0.4, -0.2) is 32.1 Å². The number of benzene rings is 1. The Hall–Kier alpha value is -1.94. The first-order chi connectivity index (χ1) is 9.63. The SMILES string of the molecule is Cc1ccc(CNc2ccc(OCCN(C)C)cc2)o1. The van der Waals surface area contributed by atoms with Crippen molar-refractivity contribution in [3.8, 4) is 5.75 Å². The lowest BCUT2D eigenvalue weighted by molar-refractivity contribution is 0.261. The summed E-state index contributed by atoms with van der Waals surface area (Å²) in [7, 11) is 4.07. The molecule has 0 amide bonds. The average Bonchev–Trinajstić information content (AvgIpc) is 2.83. The Morgan fingerprint density at radius 2 is 1.85 bits per heavy atom. The monoisotopic (exact) mass is 274 g/mol. The van der Waals surface area contributed by atoms with Crippen LogP contribution in [0, 0.1) is 6.92 Å². The smallest absolute Gasteiger partial charge is 0.123 e. The third-order valence-corrected chi connectivity index (χ3v) is 2.92. The van der Waals surface area contributed by atoms with E-state index in [-0.39, 0.29) is 0 Å². The van der Waals surface area contributed by atoms with Crippen molar-refractivity contribution in [3.05, 3.63) is 47.9 Å². The maximum atomic E-state index is 5.65. The van der Waals surface area contributed by atoms with E-state index in [1.54, 1.807) is 0 Å². The Kier molecular flexibility index (Phi) is 5.07. The average molecular weight is 274 g/mol. The summed E-state index contributed by atoms with van der Waals surface area (Å²) in [5.41, 5.74) is 1.05. The van der Waals surface area contributed by atoms with E-state index in [4.69, 9.17) is 9.15 Å². The summed E-state index contributed by atoms with van der Waals surface area (Å²) in [5, 5.41) is 3.32. The minimum absolute atomic E-state index is 0.689. The lowest BCUT2D eigenvalue weighted by Gasteiger charge is -2.11. The third kappa shape index (κ3) is 4.63. The molecular formula is C16H22N2O2. The number of furan rings is 1.